The number of carboxylic acid groups (broad SMARTS) is 1. The van der Waals surface area contributed by atoms with Crippen LogP contribution in [0.3, 0.4) is 0 Å². The molecule has 0 saturated heterocycles. The number of hydrogen-bond acceptors (Lipinski definition) is 4. The average molecular weight is 301 g/mol. The molecule has 0 bridgehead atoms. The Morgan fingerprint density at radius 2 is 1.95 bits per heavy atom. The smallest absolute Gasteiger partial charge is 0.335 e. The highest BCUT2D eigenvalue weighted by atomic mass is 32.2. The number of carbonyl (C=O) groups is 1. The predicted octanol–water partition coefficient (Wildman–Crippen LogP) is 1.13. The normalized spacial score (nSPS) is 12.4. The first kappa shape index (κ1) is 16.6. The zero-order chi connectivity index (χ0) is 15.6. The molecule has 0 radical (unpaired) electrons. The lowest BCUT2D eigenvalue weighted by atomic mass is 10.0. The molecule has 0 aromatic heterocycles. The van der Waals surface area contributed by atoms with Gasteiger partial charge in [-0.1, -0.05) is 6.07 Å². The summed E-state index contributed by atoms with van der Waals surface area (Å²) in [5.74, 6) is -1.17. The highest BCUT2D eigenvalue weighted by Gasteiger charge is 2.26. The maximum atomic E-state index is 12.2. The van der Waals surface area contributed by atoms with Crippen molar-refractivity contribution in [2.24, 2.45) is 0 Å². The fourth-order valence-corrected chi connectivity index (χ4v) is 3.22. The van der Waals surface area contributed by atoms with Gasteiger partial charge >= 0.3 is 5.97 Å². The largest absolute Gasteiger partial charge is 0.478 e. The monoisotopic (exact) mass is 301 g/mol. The third-order valence-corrected chi connectivity index (χ3v) is 4.59. The lowest BCUT2D eigenvalue weighted by molar-refractivity contribution is 0.0696. The quantitative estimate of drug-likeness (QED) is 0.731. The van der Waals surface area contributed by atoms with E-state index in [1.807, 2.05) is 0 Å². The van der Waals surface area contributed by atoms with Crippen LogP contribution in [0.15, 0.2) is 23.1 Å². The summed E-state index contributed by atoms with van der Waals surface area (Å²) in [5.41, 5.74) is -0.374. The molecule has 0 aliphatic rings. The molecule has 3 N–H and O–H groups in total. The fourth-order valence-electron chi connectivity index (χ4n) is 1.75. The third kappa shape index (κ3) is 4.03. The molecule has 0 heterocycles. The SMILES string of the molecule is Cc1ccc(S(=O)(=O)NC(C)(C)CCO)cc1C(=O)O. The first-order valence-electron chi connectivity index (χ1n) is 6.08. The van der Waals surface area contributed by atoms with Gasteiger partial charge in [0.25, 0.3) is 0 Å². The lowest BCUT2D eigenvalue weighted by Gasteiger charge is -2.25. The first-order valence-corrected chi connectivity index (χ1v) is 7.56. The number of aryl methyl sites for hydroxylation is 1. The number of benzene rings is 1. The summed E-state index contributed by atoms with van der Waals surface area (Å²) in [5, 5.41) is 17.9. The van der Waals surface area contributed by atoms with Crippen LogP contribution < -0.4 is 4.72 Å². The van der Waals surface area contributed by atoms with Gasteiger partial charge in [-0.3, -0.25) is 0 Å². The molecule has 0 saturated carbocycles. The van der Waals surface area contributed by atoms with Crippen molar-refractivity contribution < 1.29 is 23.4 Å². The van der Waals surface area contributed by atoms with Crippen LogP contribution in [0.25, 0.3) is 0 Å². The van der Waals surface area contributed by atoms with Crippen molar-refractivity contribution in [3.8, 4) is 0 Å². The van der Waals surface area contributed by atoms with Gasteiger partial charge in [-0.15, -0.1) is 0 Å². The Bertz CT molecular complexity index is 607. The summed E-state index contributed by atoms with van der Waals surface area (Å²) in [6, 6.07) is 3.95. The van der Waals surface area contributed by atoms with Gasteiger partial charge in [-0.25, -0.2) is 17.9 Å². The molecular formula is C13H19NO5S. The van der Waals surface area contributed by atoms with Crippen molar-refractivity contribution in [2.45, 2.75) is 37.6 Å². The van der Waals surface area contributed by atoms with Crippen molar-refractivity contribution in [1.82, 2.24) is 4.72 Å². The maximum absolute atomic E-state index is 12.2. The van der Waals surface area contributed by atoms with Gasteiger partial charge in [0.15, 0.2) is 0 Å². The zero-order valence-corrected chi connectivity index (χ0v) is 12.5. The third-order valence-electron chi connectivity index (χ3n) is 2.90. The van der Waals surface area contributed by atoms with Crippen LogP contribution in [-0.4, -0.2) is 36.7 Å². The molecule has 1 aromatic rings. The summed E-state index contributed by atoms with van der Waals surface area (Å²) in [6.45, 7) is 4.74. The molecule has 0 unspecified atom stereocenters. The minimum absolute atomic E-state index is 0.0483. The number of aromatic carboxylic acids is 1. The number of aliphatic hydroxyl groups excluding tert-OH is 1. The van der Waals surface area contributed by atoms with E-state index in [-0.39, 0.29) is 23.5 Å². The molecule has 112 valence electrons. The van der Waals surface area contributed by atoms with E-state index in [0.717, 1.165) is 6.07 Å². The van der Waals surface area contributed by atoms with Gasteiger partial charge in [-0.2, -0.15) is 0 Å². The maximum Gasteiger partial charge on any atom is 0.335 e. The predicted molar refractivity (Wildman–Crippen MR) is 74.2 cm³/mol. The van der Waals surface area contributed by atoms with E-state index in [9.17, 15) is 13.2 Å². The molecule has 6 nitrogen and oxygen atoms in total. The van der Waals surface area contributed by atoms with E-state index >= 15 is 0 Å². The van der Waals surface area contributed by atoms with E-state index in [1.165, 1.54) is 12.1 Å². The summed E-state index contributed by atoms with van der Waals surface area (Å²) < 4.78 is 26.9. The highest BCUT2D eigenvalue weighted by molar-refractivity contribution is 7.89. The van der Waals surface area contributed by atoms with E-state index in [4.69, 9.17) is 10.2 Å². The van der Waals surface area contributed by atoms with Crippen LogP contribution >= 0.6 is 0 Å². The molecule has 0 aliphatic carbocycles. The van der Waals surface area contributed by atoms with Gasteiger partial charge in [0.05, 0.1) is 10.5 Å². The molecule has 1 rings (SSSR count). The number of hydrogen-bond donors (Lipinski definition) is 3. The van der Waals surface area contributed by atoms with Crippen LogP contribution in [0.1, 0.15) is 36.2 Å². The Labute approximate surface area is 118 Å². The topological polar surface area (TPSA) is 104 Å². The number of rotatable bonds is 6. The van der Waals surface area contributed by atoms with E-state index in [1.54, 1.807) is 20.8 Å². The number of sulfonamides is 1. The van der Waals surface area contributed by atoms with E-state index < -0.39 is 21.5 Å². The second-order valence-electron chi connectivity index (χ2n) is 5.24. The van der Waals surface area contributed by atoms with Crippen LogP contribution in [0.5, 0.6) is 0 Å². The number of aliphatic hydroxyl groups is 1. The lowest BCUT2D eigenvalue weighted by Crippen LogP contribution is -2.43. The molecule has 1 aromatic carbocycles. The Morgan fingerprint density at radius 3 is 2.45 bits per heavy atom. The molecule has 20 heavy (non-hydrogen) atoms. The fraction of sp³-hybridized carbons (Fsp3) is 0.462. The van der Waals surface area contributed by atoms with Crippen LogP contribution in [0.2, 0.25) is 0 Å². The van der Waals surface area contributed by atoms with E-state index in [0.29, 0.717) is 5.56 Å². The van der Waals surface area contributed by atoms with Gasteiger partial charge in [0, 0.05) is 12.1 Å². The molecule has 0 aliphatic heterocycles. The second kappa shape index (κ2) is 5.90. The van der Waals surface area contributed by atoms with E-state index in [2.05, 4.69) is 4.72 Å². The number of carboxylic acids is 1. The first-order chi connectivity index (χ1) is 9.09. The van der Waals surface area contributed by atoms with Crippen molar-refractivity contribution in [3.05, 3.63) is 29.3 Å². The van der Waals surface area contributed by atoms with Crippen LogP contribution in [0.4, 0.5) is 0 Å². The van der Waals surface area contributed by atoms with Crippen LogP contribution in [-0.2, 0) is 10.0 Å². The minimum atomic E-state index is -3.84. The summed E-state index contributed by atoms with van der Waals surface area (Å²) in [7, 11) is -3.84. The van der Waals surface area contributed by atoms with Gasteiger partial charge in [0.2, 0.25) is 10.0 Å². The molecule has 7 heteroatoms. The van der Waals surface area contributed by atoms with Gasteiger partial charge in [-0.05, 0) is 44.9 Å². The Balaban J connectivity index is 3.17. The van der Waals surface area contributed by atoms with Crippen molar-refractivity contribution >= 4 is 16.0 Å². The molecule has 0 fully saturated rings. The highest BCUT2D eigenvalue weighted by Crippen LogP contribution is 2.19. The Kier molecular flexibility index (Phi) is 4.90. The van der Waals surface area contributed by atoms with Crippen molar-refractivity contribution in [2.75, 3.05) is 6.61 Å². The molecule has 0 atom stereocenters. The molecule has 0 amide bonds. The van der Waals surface area contributed by atoms with Gasteiger partial charge in [0.1, 0.15) is 0 Å². The Morgan fingerprint density at radius 1 is 1.35 bits per heavy atom. The molecule has 0 spiro atoms. The minimum Gasteiger partial charge on any atom is -0.478 e. The summed E-state index contributed by atoms with van der Waals surface area (Å²) in [4.78, 5) is 10.9. The molecular weight excluding hydrogens is 282 g/mol. The standard InChI is InChI=1S/C13H19NO5S/c1-9-4-5-10(8-11(9)12(16)17)20(18,19)14-13(2,3)6-7-15/h4-5,8,14-15H,6-7H2,1-3H3,(H,16,17). The average Bonchev–Trinajstić information content (AvgIpc) is 2.26. The second-order valence-corrected chi connectivity index (χ2v) is 6.93. The van der Waals surface area contributed by atoms with Crippen molar-refractivity contribution in [1.29, 1.82) is 0 Å². The number of nitrogens with one attached hydrogen (secondary N) is 1. The van der Waals surface area contributed by atoms with Crippen LogP contribution in [0, 0.1) is 6.92 Å². The van der Waals surface area contributed by atoms with Gasteiger partial charge < -0.3 is 10.2 Å². The summed E-state index contributed by atoms with van der Waals surface area (Å²) in [6.07, 6.45) is 0.254. The zero-order valence-electron chi connectivity index (χ0n) is 11.7. The van der Waals surface area contributed by atoms with Crippen molar-refractivity contribution in [3.63, 3.8) is 0 Å². The Hall–Kier alpha value is -1.44. The summed E-state index contributed by atoms with van der Waals surface area (Å²) >= 11 is 0.